The molecule has 0 N–H and O–H groups in total. The van der Waals surface area contributed by atoms with Crippen molar-refractivity contribution in [2.45, 2.75) is 19.8 Å². The van der Waals surface area contributed by atoms with Crippen LogP contribution in [0, 0.1) is 38.7 Å². The summed E-state index contributed by atoms with van der Waals surface area (Å²) in [4.78, 5) is 24.3. The van der Waals surface area contributed by atoms with Gasteiger partial charge < -0.3 is 9.64 Å². The van der Waals surface area contributed by atoms with Crippen molar-refractivity contribution in [2.75, 3.05) is 24.6 Å². The number of piperidine rings is 1. The van der Waals surface area contributed by atoms with Crippen molar-refractivity contribution in [3.05, 3.63) is 33.4 Å². The summed E-state index contributed by atoms with van der Waals surface area (Å²) in [6.07, 6.45) is 1.05. The van der Waals surface area contributed by atoms with Crippen LogP contribution in [-0.2, 0) is 9.53 Å². The zero-order valence-electron chi connectivity index (χ0n) is 13.2. The van der Waals surface area contributed by atoms with Gasteiger partial charge >= 0.3 is 5.97 Å². The molecule has 0 aliphatic carbocycles. The highest BCUT2D eigenvalue weighted by atomic mass is 16.6. The summed E-state index contributed by atoms with van der Waals surface area (Å²) < 4.78 is 5.01. The van der Waals surface area contributed by atoms with Crippen molar-refractivity contribution in [1.29, 1.82) is 10.5 Å². The molecule has 1 heterocycles. The number of hydrogen-bond donors (Lipinski definition) is 0. The second-order valence-electron chi connectivity index (χ2n) is 5.38. The lowest BCUT2D eigenvalue weighted by Gasteiger charge is -2.32. The monoisotopic (exact) mass is 328 g/mol. The lowest BCUT2D eigenvalue weighted by Crippen LogP contribution is -2.37. The first-order valence-electron chi connectivity index (χ1n) is 7.56. The number of nitriles is 2. The molecule has 8 heteroatoms. The van der Waals surface area contributed by atoms with E-state index in [0.717, 1.165) is 6.07 Å². The SMILES string of the molecule is CCOC(=O)C1CCN(c2cc(C#N)c(C#N)cc2[N+](=O)[O-])CC1. The minimum Gasteiger partial charge on any atom is -0.466 e. The molecule has 0 radical (unpaired) electrons. The van der Waals surface area contributed by atoms with Crippen molar-refractivity contribution in [2.24, 2.45) is 5.92 Å². The van der Waals surface area contributed by atoms with Gasteiger partial charge in [-0.1, -0.05) is 0 Å². The van der Waals surface area contributed by atoms with Crippen LogP contribution in [0.15, 0.2) is 12.1 Å². The van der Waals surface area contributed by atoms with E-state index in [9.17, 15) is 14.9 Å². The van der Waals surface area contributed by atoms with Gasteiger partial charge in [0.15, 0.2) is 0 Å². The maximum absolute atomic E-state index is 11.8. The van der Waals surface area contributed by atoms with Crippen LogP contribution in [0.4, 0.5) is 11.4 Å². The predicted molar refractivity (Wildman–Crippen MR) is 84.1 cm³/mol. The number of rotatable bonds is 4. The summed E-state index contributed by atoms with van der Waals surface area (Å²) >= 11 is 0. The van der Waals surface area contributed by atoms with Crippen molar-refractivity contribution >= 4 is 17.3 Å². The molecular weight excluding hydrogens is 312 g/mol. The first kappa shape index (κ1) is 17.2. The summed E-state index contributed by atoms with van der Waals surface area (Å²) in [7, 11) is 0. The molecule has 1 aromatic rings. The Morgan fingerprint density at radius 2 is 1.92 bits per heavy atom. The number of nitro benzene ring substituents is 1. The summed E-state index contributed by atoms with van der Waals surface area (Å²) in [6.45, 7) is 2.96. The first-order valence-corrected chi connectivity index (χ1v) is 7.56. The van der Waals surface area contributed by atoms with Crippen LogP contribution < -0.4 is 4.90 Å². The van der Waals surface area contributed by atoms with Gasteiger partial charge in [0.05, 0.1) is 28.6 Å². The Kier molecular flexibility index (Phi) is 5.33. The molecule has 124 valence electrons. The Hall–Kier alpha value is -3.13. The van der Waals surface area contributed by atoms with Gasteiger partial charge in [0.2, 0.25) is 0 Å². The number of carbonyl (C=O) groups excluding carboxylic acids is 1. The third-order valence-electron chi connectivity index (χ3n) is 4.01. The van der Waals surface area contributed by atoms with E-state index < -0.39 is 4.92 Å². The van der Waals surface area contributed by atoms with Gasteiger partial charge in [0.25, 0.3) is 5.69 Å². The molecule has 1 aromatic carbocycles. The van der Waals surface area contributed by atoms with Crippen molar-refractivity contribution < 1.29 is 14.5 Å². The van der Waals surface area contributed by atoms with Gasteiger partial charge in [-0.3, -0.25) is 14.9 Å². The Morgan fingerprint density at radius 1 is 1.33 bits per heavy atom. The Morgan fingerprint density at radius 3 is 2.42 bits per heavy atom. The highest BCUT2D eigenvalue weighted by Crippen LogP contribution is 2.34. The fourth-order valence-corrected chi connectivity index (χ4v) is 2.78. The molecule has 24 heavy (non-hydrogen) atoms. The standard InChI is InChI=1S/C16H16N4O4/c1-2-24-16(21)11-3-5-19(6-4-11)14-7-12(9-17)13(10-18)8-15(14)20(22)23/h7-8,11H,2-6H2,1H3. The topological polar surface area (TPSA) is 120 Å². The Bertz CT molecular complexity index is 740. The van der Waals surface area contributed by atoms with Crippen LogP contribution in [0.25, 0.3) is 0 Å². The van der Waals surface area contributed by atoms with Gasteiger partial charge in [-0.25, -0.2) is 0 Å². The summed E-state index contributed by atoms with van der Waals surface area (Å²) in [6, 6.07) is 6.20. The lowest BCUT2D eigenvalue weighted by molar-refractivity contribution is -0.384. The van der Waals surface area contributed by atoms with Crippen LogP contribution in [0.1, 0.15) is 30.9 Å². The van der Waals surface area contributed by atoms with Crippen molar-refractivity contribution in [1.82, 2.24) is 0 Å². The van der Waals surface area contributed by atoms with Crippen molar-refractivity contribution in [3.8, 4) is 12.1 Å². The third-order valence-corrected chi connectivity index (χ3v) is 4.01. The molecule has 1 aliphatic rings. The molecule has 8 nitrogen and oxygen atoms in total. The largest absolute Gasteiger partial charge is 0.466 e. The highest BCUT2D eigenvalue weighted by Gasteiger charge is 2.30. The molecule has 0 amide bonds. The number of hydrogen-bond acceptors (Lipinski definition) is 7. The average Bonchev–Trinajstić information content (AvgIpc) is 2.60. The Labute approximate surface area is 139 Å². The second kappa shape index (κ2) is 7.42. The Balaban J connectivity index is 2.27. The molecular formula is C16H16N4O4. The number of carbonyl (C=O) groups is 1. The number of nitro groups is 1. The summed E-state index contributed by atoms with van der Waals surface area (Å²) in [5.74, 6) is -0.460. The number of ether oxygens (including phenoxy) is 1. The fourth-order valence-electron chi connectivity index (χ4n) is 2.78. The van der Waals surface area contributed by atoms with E-state index >= 15 is 0 Å². The highest BCUT2D eigenvalue weighted by molar-refractivity contribution is 5.74. The number of anilines is 1. The summed E-state index contributed by atoms with van der Waals surface area (Å²) in [5.41, 5.74) is 0.179. The predicted octanol–water partition coefficient (Wildman–Crippen LogP) is 2.12. The molecule has 1 saturated heterocycles. The van der Waals surface area contributed by atoms with Crippen LogP contribution in [-0.4, -0.2) is 30.6 Å². The van der Waals surface area contributed by atoms with E-state index in [-0.39, 0.29) is 28.7 Å². The quantitative estimate of drug-likeness (QED) is 0.471. The molecule has 0 saturated carbocycles. The van der Waals surface area contributed by atoms with Crippen LogP contribution >= 0.6 is 0 Å². The molecule has 0 unspecified atom stereocenters. The molecule has 2 rings (SSSR count). The van der Waals surface area contributed by atoms with Gasteiger partial charge in [-0.15, -0.1) is 0 Å². The van der Waals surface area contributed by atoms with Gasteiger partial charge in [0.1, 0.15) is 17.8 Å². The summed E-state index contributed by atoms with van der Waals surface area (Å²) in [5, 5.41) is 29.4. The average molecular weight is 328 g/mol. The molecule has 0 aromatic heterocycles. The number of benzene rings is 1. The number of nitrogens with zero attached hydrogens (tertiary/aromatic N) is 4. The minimum absolute atomic E-state index is 0.0191. The minimum atomic E-state index is -0.561. The molecule has 0 spiro atoms. The second-order valence-corrected chi connectivity index (χ2v) is 5.38. The molecule has 0 atom stereocenters. The van der Waals surface area contributed by atoms with E-state index in [4.69, 9.17) is 15.3 Å². The van der Waals surface area contributed by atoms with Gasteiger partial charge in [0, 0.05) is 19.2 Å². The van der Waals surface area contributed by atoms with Gasteiger partial charge in [-0.2, -0.15) is 10.5 Å². The molecule has 0 bridgehead atoms. The van der Waals surface area contributed by atoms with Crippen molar-refractivity contribution in [3.63, 3.8) is 0 Å². The van der Waals surface area contributed by atoms with E-state index in [2.05, 4.69) is 0 Å². The maximum Gasteiger partial charge on any atom is 0.309 e. The first-order chi connectivity index (χ1) is 11.5. The zero-order valence-corrected chi connectivity index (χ0v) is 13.2. The lowest BCUT2D eigenvalue weighted by atomic mass is 9.96. The number of esters is 1. The van der Waals surface area contributed by atoms with Crippen LogP contribution in [0.5, 0.6) is 0 Å². The smallest absolute Gasteiger partial charge is 0.309 e. The van der Waals surface area contributed by atoms with E-state index in [0.29, 0.717) is 38.2 Å². The van der Waals surface area contributed by atoms with Crippen LogP contribution in [0.2, 0.25) is 0 Å². The van der Waals surface area contributed by atoms with Gasteiger partial charge in [-0.05, 0) is 25.8 Å². The van der Waals surface area contributed by atoms with E-state index in [1.165, 1.54) is 6.07 Å². The third kappa shape index (κ3) is 3.44. The molecule has 1 fully saturated rings. The normalized spacial score (nSPS) is 14.5. The maximum atomic E-state index is 11.8. The fraction of sp³-hybridized carbons (Fsp3) is 0.438. The molecule has 1 aliphatic heterocycles. The van der Waals surface area contributed by atoms with E-state index in [1.54, 1.807) is 17.9 Å². The van der Waals surface area contributed by atoms with Crippen LogP contribution in [0.3, 0.4) is 0 Å². The van der Waals surface area contributed by atoms with E-state index in [1.807, 2.05) is 6.07 Å². The zero-order chi connectivity index (χ0) is 17.7.